The smallest absolute Gasteiger partial charge is 0.852 e. The molecule has 10 rings (SSSR count). The monoisotopic (exact) mass is 1950 g/mol. The minimum absolute atomic E-state index is 0. The van der Waals surface area contributed by atoms with Gasteiger partial charge in [-0.25, -0.2) is 0 Å². The molecule has 125 heavy (non-hydrogen) atoms. The molecule has 20 nitrogen and oxygen atoms in total. The van der Waals surface area contributed by atoms with E-state index in [0.717, 1.165) is 55.6 Å². The van der Waals surface area contributed by atoms with Crippen LogP contribution in [0.25, 0.3) is 0 Å². The molecular weight excluding hydrogens is 1840 g/mol. The summed E-state index contributed by atoms with van der Waals surface area (Å²) in [6, 6.07) is 61.3. The van der Waals surface area contributed by atoms with Gasteiger partial charge in [0.25, 0.3) is 0 Å². The molecule has 0 N–H and O–H groups in total. The van der Waals surface area contributed by atoms with Crippen LogP contribution in [0.2, 0.25) is 0 Å². The maximum atomic E-state index is 11.0. The molecule has 10 aromatic carbocycles. The molecule has 685 valence electrons. The van der Waals surface area contributed by atoms with Crippen molar-refractivity contribution in [3.63, 3.8) is 0 Å². The van der Waals surface area contributed by atoms with Crippen molar-refractivity contribution in [2.75, 3.05) is 0 Å². The topological polar surface area (TPSA) is 461 Å². The molecule has 0 aliphatic rings. The van der Waals surface area contributed by atoms with E-state index in [9.17, 15) is 102 Å². The van der Waals surface area contributed by atoms with Gasteiger partial charge in [-0.2, -0.15) is 0 Å². The molecule has 10 aromatic rings. The zero-order valence-electron chi connectivity index (χ0n) is 73.5. The Morgan fingerprint density at radius 2 is 0.200 bits per heavy atom. The summed E-state index contributed by atoms with van der Waals surface area (Å²) in [6.07, 6.45) is 0. The number of hydrogen-bond donors (Lipinski definition) is 0. The van der Waals surface area contributed by atoms with Gasteiger partial charge in [-0.05, 0) is 138 Å². The van der Waals surface area contributed by atoms with Crippen LogP contribution in [0.1, 0.15) is 253 Å². The van der Waals surface area contributed by atoms with Gasteiger partial charge < -0.3 is 102 Å². The summed E-state index contributed by atoms with van der Waals surface area (Å²) in [5.41, 5.74) is 9.05. The third-order valence-electron chi connectivity index (χ3n) is 17.4. The second-order valence-electron chi connectivity index (χ2n) is 30.5. The average molecular weight is 1950 g/mol. The summed E-state index contributed by atoms with van der Waals surface area (Å²) in [5.74, 6) is -5.88. The Balaban J connectivity index is -0.000000425. The summed E-state index contributed by atoms with van der Waals surface area (Å²) < 4.78 is 0. The van der Waals surface area contributed by atoms with Crippen LogP contribution in [0.5, 0.6) is 115 Å². The first-order valence-corrected chi connectivity index (χ1v) is 39.2. The summed E-state index contributed by atoms with van der Waals surface area (Å²) in [7, 11) is 0. The van der Waals surface area contributed by atoms with Crippen molar-refractivity contribution in [3.8, 4) is 115 Å². The zero-order chi connectivity index (χ0) is 91.4. The molecule has 25 heteroatoms. The molecule has 0 bridgehead atoms. The molecule has 5 radical (unpaired) electrons. The number of rotatable bonds is 10. The van der Waals surface area contributed by atoms with E-state index < -0.39 is 115 Å². The third kappa shape index (κ3) is 49.1. The van der Waals surface area contributed by atoms with Gasteiger partial charge in [0.15, 0.2) is 0 Å². The summed E-state index contributed by atoms with van der Waals surface area (Å²) in [4.78, 5) is 0. The van der Waals surface area contributed by atoms with Crippen LogP contribution < -0.4 is 102 Å². The zero-order valence-corrected chi connectivity index (χ0v) is 78.2. The Kier molecular flexibility index (Phi) is 63.2. The van der Waals surface area contributed by atoms with Gasteiger partial charge in [0.2, 0.25) is 0 Å². The van der Waals surface area contributed by atoms with E-state index in [4.69, 9.17) is 0 Å². The normalized spacial score (nSPS) is 9.84. The SMILES string of the molecule is CC(C)c1cccc([O-])[c+]([O-])c1.CC(C)c1cccc([O-])[c+]([O-])c1.CC(C)c1cccc([O-])[c+]([O-])c1.CC(C)c1cccc([O-])[c+]([O-])c1.CC(C)c1cccc([O-])[c+]([O-])c1.CC(C)c1cccc([O-])[c+]([O-])c1.CC(C)c1cccc([O-])[c+]([O-])c1.CC(C)c1cccc([O-])[c+]([O-])c1.CC(C)c1cccc([O-])[c+]([O-])c1.CC(C)c1cccc([O-])[c+]([O-])c1.[Cu+2].[Cu+2].[Cu+2].[Cu+2].[Cu+2]. The first kappa shape index (κ1) is 123. The van der Waals surface area contributed by atoms with Crippen LogP contribution in [-0.2, 0) is 85.3 Å². The molecule has 0 aliphatic heterocycles. The maximum Gasteiger partial charge on any atom is 2.00 e. The Morgan fingerprint density at radius 3 is 0.256 bits per heavy atom. The molecule has 0 fully saturated rings. The van der Waals surface area contributed by atoms with Gasteiger partial charge in [0.1, 0.15) is 0 Å². The van der Waals surface area contributed by atoms with Crippen molar-refractivity contribution in [1.29, 1.82) is 0 Å². The van der Waals surface area contributed by atoms with Crippen LogP contribution in [0.3, 0.4) is 0 Å². The van der Waals surface area contributed by atoms with Crippen molar-refractivity contribution in [2.24, 2.45) is 0 Å². The quantitative estimate of drug-likeness (QED) is 0.0906. The molecule has 0 unspecified atom stereocenters. The second-order valence-corrected chi connectivity index (χ2v) is 30.5. The molecule has 0 atom stereocenters. The second kappa shape index (κ2) is 64.3. The van der Waals surface area contributed by atoms with Gasteiger partial charge in [0, 0.05) is 472 Å². The van der Waals surface area contributed by atoms with Crippen LogP contribution in [0, 0.1) is 0 Å². The molecule has 0 spiro atoms. The number of hydrogen-bond acceptors (Lipinski definition) is 20. The molecule has 0 saturated heterocycles. The van der Waals surface area contributed by atoms with Gasteiger partial charge in [-0.3, -0.25) is 0 Å². The first-order chi connectivity index (χ1) is 56.1. The predicted molar refractivity (Wildman–Crippen MR) is 438 cm³/mol. The van der Waals surface area contributed by atoms with Crippen LogP contribution >= 0.6 is 0 Å². The van der Waals surface area contributed by atoms with Crippen LogP contribution in [-0.4, -0.2) is 0 Å². The van der Waals surface area contributed by atoms with Crippen molar-refractivity contribution in [3.05, 3.63) is 298 Å². The Bertz CT molecular complexity index is 3890. The molecule has 0 amide bonds. The fourth-order valence-corrected chi connectivity index (χ4v) is 9.58. The minimum Gasteiger partial charge on any atom is -0.852 e. The van der Waals surface area contributed by atoms with Gasteiger partial charge >= 0.3 is 85.3 Å². The van der Waals surface area contributed by atoms with Crippen molar-refractivity contribution in [1.82, 2.24) is 0 Å². The van der Waals surface area contributed by atoms with E-state index in [1.807, 2.05) is 138 Å². The predicted octanol–water partition coefficient (Wildman–Crippen LogP) is 12.4. The fraction of sp³-hybridized carbons (Fsp3) is 0.300. The molecule has 0 saturated carbocycles. The first-order valence-electron chi connectivity index (χ1n) is 39.2. The van der Waals surface area contributed by atoms with Crippen molar-refractivity contribution in [2.45, 2.75) is 198 Å². The average Bonchev–Trinajstić information content (AvgIpc) is 1.89. The standard InChI is InChI=1S/10C10H12O2.5Cu/c10*1-7(2)8-4-3-5-9(11)10(12)6-8;;;;;/h10*3-7,11H,1-2H3;;;;;/q;;;;;;;;;;5*+2/p-10. The van der Waals surface area contributed by atoms with Gasteiger partial charge in [0.05, 0.1) is 0 Å². The Labute approximate surface area is 792 Å². The van der Waals surface area contributed by atoms with Crippen LogP contribution in [0.4, 0.5) is 0 Å². The van der Waals surface area contributed by atoms with E-state index in [1.54, 1.807) is 121 Å². The van der Waals surface area contributed by atoms with Crippen molar-refractivity contribution < 1.29 is 187 Å². The van der Waals surface area contributed by atoms with Gasteiger partial charge in [-0.1, -0.05) is 0 Å². The van der Waals surface area contributed by atoms with Gasteiger partial charge in [-0.15, -0.1) is 0 Å². The molecule has 0 aliphatic carbocycles. The third-order valence-corrected chi connectivity index (χ3v) is 17.4. The minimum atomic E-state index is -0.443. The molecular formula is C100H110Cu5O20. The van der Waals surface area contributed by atoms with E-state index in [-0.39, 0.29) is 145 Å². The van der Waals surface area contributed by atoms with Crippen LogP contribution in [0.15, 0.2) is 243 Å². The summed E-state index contributed by atoms with van der Waals surface area (Å²) in [5, 5.41) is 219. The maximum absolute atomic E-state index is 11.0. The van der Waals surface area contributed by atoms with E-state index in [0.29, 0.717) is 0 Å². The molecule has 0 aromatic heterocycles. The Hall–Kier alpha value is -10.5. The molecule has 0 heterocycles. The van der Waals surface area contributed by atoms with Crippen molar-refractivity contribution >= 4 is 0 Å². The fourth-order valence-electron chi connectivity index (χ4n) is 9.58. The van der Waals surface area contributed by atoms with E-state index >= 15 is 0 Å². The largest absolute Gasteiger partial charge is 2.00 e. The summed E-state index contributed by atoms with van der Waals surface area (Å²) in [6.45, 7) is 39.7. The Morgan fingerprint density at radius 1 is 0.136 bits per heavy atom. The summed E-state index contributed by atoms with van der Waals surface area (Å²) >= 11 is 0. The van der Waals surface area contributed by atoms with E-state index in [2.05, 4.69) is 0 Å². The van der Waals surface area contributed by atoms with E-state index in [1.165, 1.54) is 121 Å².